The first kappa shape index (κ1) is 16.3. The largest absolute Gasteiger partial charge is 0.267 e. The molecule has 0 amide bonds. The fourth-order valence-electron chi connectivity index (χ4n) is 0.716. The number of hydrogen-bond donors (Lipinski definition) is 1. The maximum atomic E-state index is 11.2. The van der Waals surface area contributed by atoms with Gasteiger partial charge in [0.05, 0.1) is 5.75 Å². The zero-order valence-corrected chi connectivity index (χ0v) is 11.2. The second-order valence-electron chi connectivity index (χ2n) is 4.00. The number of nitrogens with zero attached hydrogens (tertiary/aromatic N) is 1. The molecule has 0 saturated heterocycles. The fraction of sp³-hybridized carbons (Fsp3) is 1.00. The van der Waals surface area contributed by atoms with E-state index in [1.165, 1.54) is 13.8 Å². The topological polar surface area (TPSA) is 121 Å². The molecule has 0 aliphatic carbocycles. The molecule has 10 heteroatoms. The Hall–Kier alpha value is -0.740. The molecule has 0 N–H and O–H groups in total. The van der Waals surface area contributed by atoms with E-state index in [2.05, 4.69) is 4.18 Å². The molecule has 0 spiro atoms. The van der Waals surface area contributed by atoms with E-state index >= 15 is 0 Å². The Labute approximate surface area is 101 Å². The molecule has 0 fully saturated rings. The van der Waals surface area contributed by atoms with Crippen LogP contribution in [-0.4, -0.2) is 45.4 Å². The van der Waals surface area contributed by atoms with Crippen LogP contribution < -0.4 is 0 Å². The van der Waals surface area contributed by atoms with Crippen LogP contribution in [0.15, 0.2) is 0 Å². The molecule has 102 valence electrons. The van der Waals surface area contributed by atoms with Crippen molar-refractivity contribution in [1.29, 1.82) is 0 Å². The lowest BCUT2D eigenvalue weighted by Crippen LogP contribution is -2.37. The first-order chi connectivity index (χ1) is 7.57. The molecule has 8 nitrogen and oxygen atoms in total. The number of rotatable bonds is 8. The Balaban J connectivity index is 4.24. The van der Waals surface area contributed by atoms with E-state index in [0.29, 0.717) is 0 Å². The van der Waals surface area contributed by atoms with Crippen LogP contribution in [0.1, 0.15) is 20.3 Å². The normalized spacial score (nSPS) is 12.9. The van der Waals surface area contributed by atoms with Crippen molar-refractivity contribution < 1.29 is 25.9 Å². The van der Waals surface area contributed by atoms with Gasteiger partial charge in [0.1, 0.15) is 17.3 Å². The molecule has 0 bridgehead atoms. The lowest BCUT2D eigenvalue weighted by Gasteiger charge is -2.15. The standard InChI is InChI=1S/C7H15NO7S2/c1-7(2,8(9)10)6-15-17(13,14)5-3-4-16(11)12/h16H,3-6H2,1-2H3. The monoisotopic (exact) mass is 289 g/mol. The lowest BCUT2D eigenvalue weighted by atomic mass is 10.1. The van der Waals surface area contributed by atoms with Crippen molar-refractivity contribution in [1.82, 2.24) is 0 Å². The molecular weight excluding hydrogens is 274 g/mol. The Morgan fingerprint density at radius 1 is 1.35 bits per heavy atom. The fourth-order valence-corrected chi connectivity index (χ4v) is 2.43. The molecule has 0 unspecified atom stereocenters. The summed E-state index contributed by atoms with van der Waals surface area (Å²) in [4.78, 5) is 9.85. The Morgan fingerprint density at radius 2 is 1.88 bits per heavy atom. The van der Waals surface area contributed by atoms with Crippen LogP contribution in [0.3, 0.4) is 0 Å². The lowest BCUT2D eigenvalue weighted by molar-refractivity contribution is -0.562. The van der Waals surface area contributed by atoms with E-state index in [4.69, 9.17) is 0 Å². The van der Waals surface area contributed by atoms with Crippen molar-refractivity contribution in [2.24, 2.45) is 0 Å². The van der Waals surface area contributed by atoms with Crippen molar-refractivity contribution in [3.05, 3.63) is 10.1 Å². The third kappa shape index (κ3) is 7.23. The van der Waals surface area contributed by atoms with Gasteiger partial charge in [-0.1, -0.05) is 0 Å². The van der Waals surface area contributed by atoms with E-state index in [1.54, 1.807) is 0 Å². The van der Waals surface area contributed by atoms with Crippen LogP contribution in [0, 0.1) is 10.1 Å². The molecule has 0 aromatic heterocycles. The quantitative estimate of drug-likeness (QED) is 0.274. The average molecular weight is 289 g/mol. The molecule has 0 atom stereocenters. The van der Waals surface area contributed by atoms with Crippen molar-refractivity contribution >= 4 is 20.8 Å². The molecule has 0 aliphatic rings. The summed E-state index contributed by atoms with van der Waals surface area (Å²) in [5.41, 5.74) is -1.50. The maximum Gasteiger partial charge on any atom is 0.267 e. The van der Waals surface area contributed by atoms with Gasteiger partial charge in [-0.3, -0.25) is 14.3 Å². The smallest absolute Gasteiger partial charge is 0.264 e. The highest BCUT2D eigenvalue weighted by molar-refractivity contribution is 7.86. The van der Waals surface area contributed by atoms with E-state index in [-0.39, 0.29) is 12.2 Å². The van der Waals surface area contributed by atoms with E-state index in [9.17, 15) is 26.9 Å². The van der Waals surface area contributed by atoms with Gasteiger partial charge in [-0.05, 0) is 6.42 Å². The van der Waals surface area contributed by atoms with Gasteiger partial charge in [-0.25, -0.2) is 8.42 Å². The summed E-state index contributed by atoms with van der Waals surface area (Å²) in [6.45, 7) is 1.89. The van der Waals surface area contributed by atoms with Crippen molar-refractivity contribution in [2.75, 3.05) is 18.1 Å². The van der Waals surface area contributed by atoms with Gasteiger partial charge >= 0.3 is 0 Å². The molecule has 0 heterocycles. The van der Waals surface area contributed by atoms with Crippen LogP contribution in [-0.2, 0) is 25.0 Å². The minimum atomic E-state index is -3.92. The zero-order valence-electron chi connectivity index (χ0n) is 9.49. The van der Waals surface area contributed by atoms with E-state index in [0.717, 1.165) is 0 Å². The average Bonchev–Trinajstić information content (AvgIpc) is 2.14. The predicted octanol–water partition coefficient (Wildman–Crippen LogP) is -0.610. The van der Waals surface area contributed by atoms with Gasteiger partial charge in [0.15, 0.2) is 0 Å². The summed E-state index contributed by atoms with van der Waals surface area (Å²) < 4.78 is 47.4. The third-order valence-corrected chi connectivity index (χ3v) is 3.77. The van der Waals surface area contributed by atoms with Crippen molar-refractivity contribution in [3.8, 4) is 0 Å². The highest BCUT2D eigenvalue weighted by Crippen LogP contribution is 2.10. The Bertz CT molecular complexity index is 429. The maximum absolute atomic E-state index is 11.2. The van der Waals surface area contributed by atoms with Crippen molar-refractivity contribution in [2.45, 2.75) is 25.8 Å². The highest BCUT2D eigenvalue weighted by Gasteiger charge is 2.33. The summed E-state index contributed by atoms with van der Waals surface area (Å²) in [5, 5.41) is 10.5. The number of hydrogen-bond acceptors (Lipinski definition) is 7. The molecule has 0 saturated carbocycles. The molecule has 17 heavy (non-hydrogen) atoms. The number of nitro groups is 1. The van der Waals surface area contributed by atoms with Gasteiger partial charge in [0, 0.05) is 24.5 Å². The molecule has 0 radical (unpaired) electrons. The van der Waals surface area contributed by atoms with Gasteiger partial charge in [0.2, 0.25) is 5.54 Å². The SMILES string of the molecule is CC(C)(COS(=O)(=O)CCC[SH](=O)=O)[N+](=O)[O-]. The molecule has 0 aromatic carbocycles. The van der Waals surface area contributed by atoms with Crippen LogP contribution in [0.25, 0.3) is 0 Å². The first-order valence-corrected chi connectivity index (χ1v) is 7.64. The summed E-state index contributed by atoms with van der Waals surface area (Å²) >= 11 is 0. The molecule has 0 aromatic rings. The zero-order chi connectivity index (χ0) is 13.7. The first-order valence-electron chi connectivity index (χ1n) is 4.70. The Morgan fingerprint density at radius 3 is 2.29 bits per heavy atom. The van der Waals surface area contributed by atoms with Gasteiger partial charge in [0.25, 0.3) is 10.1 Å². The summed E-state index contributed by atoms with van der Waals surface area (Å²) in [6, 6.07) is 0. The van der Waals surface area contributed by atoms with Gasteiger partial charge in [-0.2, -0.15) is 8.42 Å². The molecule has 0 rings (SSSR count). The summed E-state index contributed by atoms with van der Waals surface area (Å²) in [6.07, 6.45) is -0.0834. The minimum absolute atomic E-state index is 0.0834. The Kier molecular flexibility index (Phi) is 5.99. The van der Waals surface area contributed by atoms with Crippen molar-refractivity contribution in [3.63, 3.8) is 0 Å². The van der Waals surface area contributed by atoms with Gasteiger partial charge in [-0.15, -0.1) is 0 Å². The van der Waals surface area contributed by atoms with E-state index < -0.39 is 43.6 Å². The predicted molar refractivity (Wildman–Crippen MR) is 60.6 cm³/mol. The number of thiol groups is 1. The van der Waals surface area contributed by atoms with Gasteiger partial charge < -0.3 is 0 Å². The van der Waals surface area contributed by atoms with Crippen LogP contribution >= 0.6 is 0 Å². The van der Waals surface area contributed by atoms with Crippen LogP contribution in [0.4, 0.5) is 0 Å². The van der Waals surface area contributed by atoms with Crippen LogP contribution in [0.5, 0.6) is 0 Å². The van der Waals surface area contributed by atoms with Crippen LogP contribution in [0.2, 0.25) is 0 Å². The highest BCUT2D eigenvalue weighted by atomic mass is 32.2. The summed E-state index contributed by atoms with van der Waals surface area (Å²) in [5.74, 6) is -0.722. The minimum Gasteiger partial charge on any atom is -0.264 e. The van der Waals surface area contributed by atoms with E-state index in [1.807, 2.05) is 0 Å². The summed E-state index contributed by atoms with van der Waals surface area (Å²) in [7, 11) is -6.54. The second kappa shape index (κ2) is 6.26. The molecule has 0 aliphatic heterocycles. The second-order valence-corrected chi connectivity index (χ2v) is 6.88. The molecular formula is C7H15NO7S2. The third-order valence-electron chi connectivity index (χ3n) is 1.82.